The summed E-state index contributed by atoms with van der Waals surface area (Å²) in [5, 5.41) is 9.69. The van der Waals surface area contributed by atoms with Crippen molar-refractivity contribution in [2.45, 2.75) is 367 Å². The van der Waals surface area contributed by atoms with E-state index in [4.69, 9.17) is 9.47 Å². The van der Waals surface area contributed by atoms with Crippen molar-refractivity contribution in [2.75, 3.05) is 13.2 Å². The van der Waals surface area contributed by atoms with Gasteiger partial charge in [-0.25, -0.2) is 0 Å². The molecule has 0 aliphatic heterocycles. The second-order valence-electron chi connectivity index (χ2n) is 23.6. The molecule has 0 radical (unpaired) electrons. The molecule has 5 heteroatoms. The van der Waals surface area contributed by atoms with Crippen molar-refractivity contribution in [2.24, 2.45) is 0 Å². The number of esters is 2. The summed E-state index contributed by atoms with van der Waals surface area (Å²) in [5.41, 5.74) is 0. The van der Waals surface area contributed by atoms with Crippen molar-refractivity contribution in [1.82, 2.24) is 0 Å². The molecular formula is C75H134O5. The van der Waals surface area contributed by atoms with Crippen LogP contribution < -0.4 is 0 Å². The van der Waals surface area contributed by atoms with Gasteiger partial charge in [0.05, 0.1) is 6.61 Å². The van der Waals surface area contributed by atoms with Crippen LogP contribution in [0.2, 0.25) is 0 Å². The Bertz CT molecular complexity index is 1450. The van der Waals surface area contributed by atoms with Crippen LogP contribution in [0.3, 0.4) is 0 Å². The van der Waals surface area contributed by atoms with E-state index in [0.29, 0.717) is 12.8 Å². The normalized spacial score (nSPS) is 12.7. The van der Waals surface area contributed by atoms with Gasteiger partial charge in [0.1, 0.15) is 6.61 Å². The Hall–Kier alpha value is -2.92. The lowest BCUT2D eigenvalue weighted by molar-refractivity contribution is -0.161. The van der Waals surface area contributed by atoms with Crippen molar-refractivity contribution >= 4 is 11.9 Å². The van der Waals surface area contributed by atoms with E-state index in [1.807, 2.05) is 0 Å². The molecule has 0 saturated carbocycles. The molecule has 0 amide bonds. The maximum atomic E-state index is 12.3. The lowest BCUT2D eigenvalue weighted by Crippen LogP contribution is -2.28. The molecule has 1 atom stereocenters. The Kier molecular flexibility index (Phi) is 67.8. The Morgan fingerprint density at radius 2 is 0.537 bits per heavy atom. The average molecular weight is 1120 g/mol. The molecule has 0 saturated heterocycles. The maximum absolute atomic E-state index is 12.3. The Morgan fingerprint density at radius 3 is 0.812 bits per heavy atom. The maximum Gasteiger partial charge on any atom is 0.306 e. The quantitative estimate of drug-likeness (QED) is 0.0373. The topological polar surface area (TPSA) is 72.8 Å². The minimum Gasteiger partial charge on any atom is -0.462 e. The lowest BCUT2D eigenvalue weighted by atomic mass is 10.0. The van der Waals surface area contributed by atoms with E-state index in [-0.39, 0.29) is 25.2 Å². The lowest BCUT2D eigenvalue weighted by Gasteiger charge is -2.15. The van der Waals surface area contributed by atoms with Crippen LogP contribution in [-0.4, -0.2) is 36.4 Å². The molecule has 0 heterocycles. The van der Waals surface area contributed by atoms with Gasteiger partial charge in [0.15, 0.2) is 6.10 Å². The van der Waals surface area contributed by atoms with E-state index in [0.717, 1.165) is 77.0 Å². The standard InChI is InChI=1S/C75H134O5/c1-3-5-7-9-11-13-15-17-19-21-23-25-27-29-30-31-32-33-34-35-36-37-38-39-40-41-42-43-44-46-47-49-51-53-55-57-59-61-63-65-67-69-74(77)79-72-73(71-76)80-75(78)70-68-66-64-62-60-58-56-54-52-50-48-45-28-26-24-22-20-18-16-14-12-10-8-6-4-2/h6,8,12,14-15,17-18,20-21,23-24,26,45,48,73,76H,3-5,7,9-11,13,16,19,22,25,27-44,46-47,49-72H2,1-2H3/b8-6-,14-12-,17-15-,20-18-,23-21-,26-24-,48-45-. The van der Waals surface area contributed by atoms with Crippen LogP contribution in [-0.2, 0) is 19.1 Å². The third-order valence-electron chi connectivity index (χ3n) is 15.7. The van der Waals surface area contributed by atoms with Crippen molar-refractivity contribution in [3.8, 4) is 0 Å². The van der Waals surface area contributed by atoms with Gasteiger partial charge >= 0.3 is 11.9 Å². The minimum absolute atomic E-state index is 0.0678. The number of carbonyl (C=O) groups excluding carboxylic acids is 2. The molecule has 1 unspecified atom stereocenters. The van der Waals surface area contributed by atoms with Gasteiger partial charge in [-0.15, -0.1) is 0 Å². The zero-order valence-electron chi connectivity index (χ0n) is 53.3. The first-order chi connectivity index (χ1) is 39.6. The zero-order valence-corrected chi connectivity index (χ0v) is 53.3. The molecule has 0 aliphatic carbocycles. The van der Waals surface area contributed by atoms with E-state index < -0.39 is 6.10 Å². The zero-order chi connectivity index (χ0) is 57.6. The number of rotatable bonds is 65. The molecule has 1 N–H and O–H groups in total. The van der Waals surface area contributed by atoms with Crippen LogP contribution in [0, 0.1) is 0 Å². The third kappa shape index (κ3) is 67.6. The fourth-order valence-electron chi connectivity index (χ4n) is 10.4. The predicted octanol–water partition coefficient (Wildman–Crippen LogP) is 24.4. The van der Waals surface area contributed by atoms with Gasteiger partial charge in [0.25, 0.3) is 0 Å². The summed E-state index contributed by atoms with van der Waals surface area (Å²) >= 11 is 0. The molecular weight excluding hydrogens is 981 g/mol. The molecule has 80 heavy (non-hydrogen) atoms. The second-order valence-corrected chi connectivity index (χ2v) is 23.6. The van der Waals surface area contributed by atoms with Crippen molar-refractivity contribution in [1.29, 1.82) is 0 Å². The number of hydrogen-bond acceptors (Lipinski definition) is 5. The highest BCUT2D eigenvalue weighted by Crippen LogP contribution is 2.18. The number of carbonyl (C=O) groups is 2. The molecule has 0 aliphatic rings. The van der Waals surface area contributed by atoms with Crippen molar-refractivity contribution in [3.63, 3.8) is 0 Å². The Morgan fingerprint density at radius 1 is 0.300 bits per heavy atom. The van der Waals surface area contributed by atoms with Crippen LogP contribution in [0.15, 0.2) is 85.1 Å². The van der Waals surface area contributed by atoms with Gasteiger partial charge in [0, 0.05) is 12.8 Å². The molecule has 0 bridgehead atoms. The molecule has 0 aromatic rings. The summed E-state index contributed by atoms with van der Waals surface area (Å²) in [5.74, 6) is -0.585. The average Bonchev–Trinajstić information content (AvgIpc) is 3.46. The first-order valence-corrected chi connectivity index (χ1v) is 35.1. The summed E-state index contributed by atoms with van der Waals surface area (Å²) in [6.07, 6.45) is 99.1. The van der Waals surface area contributed by atoms with Crippen molar-refractivity contribution < 1.29 is 24.2 Å². The Balaban J connectivity index is 3.40. The SMILES string of the molecule is CC/C=C\C/C=C\C/C=C\C/C=C\C/C=C\CCCCCCCCCCCC(=O)OC(CO)COC(=O)CCCCCCCCCCCCCCCCCCCCCCCCCCCCCCC/C=C\C/C=C\CCCCCCC. The summed E-state index contributed by atoms with van der Waals surface area (Å²) in [4.78, 5) is 24.6. The molecule has 0 aromatic carbocycles. The van der Waals surface area contributed by atoms with Crippen molar-refractivity contribution in [3.05, 3.63) is 85.1 Å². The number of hydrogen-bond donors (Lipinski definition) is 1. The molecule has 0 fully saturated rings. The van der Waals surface area contributed by atoms with E-state index in [1.165, 1.54) is 257 Å². The highest BCUT2D eigenvalue weighted by molar-refractivity contribution is 5.70. The summed E-state index contributed by atoms with van der Waals surface area (Å²) in [6.45, 7) is 4.05. The molecule has 0 aromatic heterocycles. The van der Waals surface area contributed by atoms with Crippen LogP contribution in [0.4, 0.5) is 0 Å². The number of aliphatic hydroxyl groups is 1. The summed E-state index contributed by atoms with van der Waals surface area (Å²) in [6, 6.07) is 0. The number of unbranched alkanes of at least 4 members (excludes halogenated alkanes) is 43. The van der Waals surface area contributed by atoms with E-state index in [1.54, 1.807) is 0 Å². The number of aliphatic hydroxyl groups excluding tert-OH is 1. The van der Waals surface area contributed by atoms with Gasteiger partial charge < -0.3 is 14.6 Å². The highest BCUT2D eigenvalue weighted by atomic mass is 16.6. The molecule has 5 nitrogen and oxygen atoms in total. The smallest absolute Gasteiger partial charge is 0.306 e. The van der Waals surface area contributed by atoms with Gasteiger partial charge in [-0.3, -0.25) is 9.59 Å². The fourth-order valence-corrected chi connectivity index (χ4v) is 10.4. The molecule has 0 rings (SSSR count). The van der Waals surface area contributed by atoms with Gasteiger partial charge in [-0.2, -0.15) is 0 Å². The predicted molar refractivity (Wildman–Crippen MR) is 353 cm³/mol. The summed E-state index contributed by atoms with van der Waals surface area (Å²) in [7, 11) is 0. The summed E-state index contributed by atoms with van der Waals surface area (Å²) < 4.78 is 10.7. The van der Waals surface area contributed by atoms with Gasteiger partial charge in [-0.1, -0.05) is 343 Å². The van der Waals surface area contributed by atoms with Crippen LogP contribution in [0.1, 0.15) is 361 Å². The first-order valence-electron chi connectivity index (χ1n) is 35.1. The van der Waals surface area contributed by atoms with E-state index in [9.17, 15) is 14.7 Å². The van der Waals surface area contributed by atoms with Crippen LogP contribution in [0.5, 0.6) is 0 Å². The number of allylic oxidation sites excluding steroid dienone is 14. The fraction of sp³-hybridized carbons (Fsp3) is 0.787. The van der Waals surface area contributed by atoms with E-state index >= 15 is 0 Å². The van der Waals surface area contributed by atoms with Gasteiger partial charge in [-0.05, 0) is 89.9 Å². The van der Waals surface area contributed by atoms with Gasteiger partial charge in [0.2, 0.25) is 0 Å². The van der Waals surface area contributed by atoms with Crippen LogP contribution >= 0.6 is 0 Å². The largest absolute Gasteiger partial charge is 0.462 e. The second kappa shape index (κ2) is 70.3. The highest BCUT2D eigenvalue weighted by Gasteiger charge is 2.16. The monoisotopic (exact) mass is 1120 g/mol. The van der Waals surface area contributed by atoms with Crippen LogP contribution in [0.25, 0.3) is 0 Å². The first kappa shape index (κ1) is 77.1. The molecule has 0 spiro atoms. The Labute approximate surface area is 498 Å². The minimum atomic E-state index is -0.779. The van der Waals surface area contributed by atoms with E-state index in [2.05, 4.69) is 98.9 Å². The number of ether oxygens (including phenoxy) is 2. The molecule has 464 valence electrons. The third-order valence-corrected chi connectivity index (χ3v) is 15.7.